The number of alkyl halides is 6. The quantitative estimate of drug-likeness (QED) is 0.0392. The number of aromatic nitrogens is 6. The molecule has 21 heteroatoms. The predicted octanol–water partition coefficient (Wildman–Crippen LogP) is 11.4. The van der Waals surface area contributed by atoms with E-state index in [1.165, 1.54) is 16.5 Å². The van der Waals surface area contributed by atoms with Crippen molar-refractivity contribution >= 4 is 87.4 Å². The zero-order valence-electron chi connectivity index (χ0n) is 36.6. The minimum absolute atomic E-state index is 0.0292. The van der Waals surface area contributed by atoms with Crippen molar-refractivity contribution in [3.63, 3.8) is 0 Å². The van der Waals surface area contributed by atoms with Crippen molar-refractivity contribution in [2.45, 2.75) is 25.2 Å². The first-order valence-electron chi connectivity index (χ1n) is 20.5. The standard InChI is InChI=1S/C23H23F3N5OP.C13H12ClF3N3OP.C10H12N2/c1-33(2,32)17-9-7-16(8-10-17)30-22-29-14-19(23(24,25)26)21(31-22)27-12-11-15-13-28-20-6-4-3-5-18(15)20;1-22(2,21)9-5-3-8(4-6-9)19-12-18-7-10(11(14)20-12)13(15,16)17;11-6-5-8-7-12-10-4-2-1-3-9(8)10/h3-10,13-14,28H,11-12H2,1-2H3,(H2,27,29,30,31);3-7H,1-2H3,(H,18,19,20);1-4,7,12H,5-6,11H2. The molecule has 0 fully saturated rings. The maximum Gasteiger partial charge on any atom is 0.421 e. The van der Waals surface area contributed by atoms with E-state index in [2.05, 4.69) is 64.1 Å². The van der Waals surface area contributed by atoms with Gasteiger partial charge in [0.2, 0.25) is 11.9 Å². The van der Waals surface area contributed by atoms with Crippen molar-refractivity contribution in [3.8, 4) is 0 Å². The van der Waals surface area contributed by atoms with E-state index in [1.54, 1.807) is 75.2 Å². The number of fused-ring (bicyclic) bond motifs is 2. The molecule has 8 aromatic rings. The summed E-state index contributed by atoms with van der Waals surface area (Å²) in [6.07, 6.45) is -2.43. The van der Waals surface area contributed by atoms with Crippen LogP contribution in [0.5, 0.6) is 0 Å². The number of hydrogen-bond acceptors (Lipinski definition) is 10. The molecule has 0 radical (unpaired) electrons. The van der Waals surface area contributed by atoms with Crippen molar-refractivity contribution in [1.29, 1.82) is 0 Å². The van der Waals surface area contributed by atoms with Gasteiger partial charge in [0.15, 0.2) is 0 Å². The summed E-state index contributed by atoms with van der Waals surface area (Å²) >= 11 is 5.52. The summed E-state index contributed by atoms with van der Waals surface area (Å²) in [6, 6.07) is 29.5. The number of anilines is 5. The van der Waals surface area contributed by atoms with Gasteiger partial charge in [-0.2, -0.15) is 31.3 Å². The van der Waals surface area contributed by atoms with Gasteiger partial charge >= 0.3 is 12.4 Å². The summed E-state index contributed by atoms with van der Waals surface area (Å²) in [6.45, 7) is 7.61. The van der Waals surface area contributed by atoms with Gasteiger partial charge in [0.25, 0.3) is 0 Å². The SMILES string of the molecule is CP(C)(=O)c1ccc(Nc2ncc(C(F)(F)F)c(Cl)n2)cc1.CP(C)(=O)c1ccc(Nc2ncc(C(F)(F)F)c(NCCc3c[nH]c4ccccc34)n2)cc1.NCCc1c[nH]c2ccccc12. The number of H-pyrrole nitrogens is 2. The number of nitrogens with two attached hydrogens (primary N) is 1. The lowest BCUT2D eigenvalue weighted by Crippen LogP contribution is -2.16. The number of aromatic amines is 2. The first-order chi connectivity index (χ1) is 31.6. The van der Waals surface area contributed by atoms with Gasteiger partial charge in [-0.25, -0.2) is 15.0 Å². The van der Waals surface area contributed by atoms with Gasteiger partial charge in [-0.3, -0.25) is 0 Å². The second-order valence-corrected chi connectivity index (χ2v) is 22.6. The molecule has 12 nitrogen and oxygen atoms in total. The Morgan fingerprint density at radius 1 is 0.612 bits per heavy atom. The summed E-state index contributed by atoms with van der Waals surface area (Å²) in [5, 5.41) is 11.5. The van der Waals surface area contributed by atoms with E-state index < -0.39 is 42.9 Å². The zero-order valence-corrected chi connectivity index (χ0v) is 39.1. The van der Waals surface area contributed by atoms with Crippen LogP contribution in [0.25, 0.3) is 21.8 Å². The van der Waals surface area contributed by atoms with E-state index in [-0.39, 0.29) is 24.3 Å². The maximum atomic E-state index is 13.5. The fraction of sp³-hybridized carbons (Fsp3) is 0.217. The first-order valence-corrected chi connectivity index (χ1v) is 26.1. The van der Waals surface area contributed by atoms with Crippen LogP contribution in [0.4, 0.5) is 55.4 Å². The van der Waals surface area contributed by atoms with Gasteiger partial charge in [-0.15, -0.1) is 0 Å². The Morgan fingerprint density at radius 3 is 1.48 bits per heavy atom. The van der Waals surface area contributed by atoms with Crippen molar-refractivity contribution in [2.24, 2.45) is 5.73 Å². The monoisotopic (exact) mass is 982 g/mol. The third-order valence-corrected chi connectivity index (χ3v) is 13.5. The first kappa shape index (κ1) is 50.2. The van der Waals surface area contributed by atoms with E-state index in [0.29, 0.717) is 41.1 Å². The molecule has 7 N–H and O–H groups in total. The molecule has 0 atom stereocenters. The summed E-state index contributed by atoms with van der Waals surface area (Å²) in [7, 11) is -4.76. The molecule has 0 saturated heterocycles. The number of benzene rings is 4. The minimum atomic E-state index is -4.60. The third-order valence-electron chi connectivity index (χ3n) is 10.1. The van der Waals surface area contributed by atoms with Gasteiger partial charge in [-0.1, -0.05) is 48.0 Å². The lowest BCUT2D eigenvalue weighted by Gasteiger charge is -2.15. The molecule has 8 rings (SSSR count). The molecule has 4 aromatic carbocycles. The lowest BCUT2D eigenvalue weighted by molar-refractivity contribution is -0.138. The molecule has 4 aromatic heterocycles. The Bertz CT molecular complexity index is 3020. The lowest BCUT2D eigenvalue weighted by atomic mass is 10.1. The highest BCUT2D eigenvalue weighted by Crippen LogP contribution is 2.37. The molecule has 0 aliphatic rings. The fourth-order valence-corrected chi connectivity index (χ4v) is 8.58. The molecule has 67 heavy (non-hydrogen) atoms. The van der Waals surface area contributed by atoms with Crippen molar-refractivity contribution in [2.75, 3.05) is 55.7 Å². The Labute approximate surface area is 387 Å². The molecule has 4 heterocycles. The Hall–Kier alpha value is -6.19. The highest BCUT2D eigenvalue weighted by Gasteiger charge is 2.36. The van der Waals surface area contributed by atoms with Crippen LogP contribution in [0, 0.1) is 0 Å². The molecule has 0 bridgehead atoms. The van der Waals surface area contributed by atoms with Crippen LogP contribution in [0.3, 0.4) is 0 Å². The molecule has 0 aliphatic carbocycles. The summed E-state index contributed by atoms with van der Waals surface area (Å²) in [4.78, 5) is 21.4. The average Bonchev–Trinajstić information content (AvgIpc) is 3.87. The summed E-state index contributed by atoms with van der Waals surface area (Å²) < 4.78 is 102. The van der Waals surface area contributed by atoms with Crippen LogP contribution in [0.1, 0.15) is 22.3 Å². The molecular formula is C46H47ClF6N10O2P2. The minimum Gasteiger partial charge on any atom is -0.369 e. The summed E-state index contributed by atoms with van der Waals surface area (Å²) in [5.74, 6) is -0.313. The highest BCUT2D eigenvalue weighted by molar-refractivity contribution is 7.70. The second kappa shape index (κ2) is 21.2. The van der Waals surface area contributed by atoms with Crippen LogP contribution in [0.15, 0.2) is 122 Å². The number of rotatable bonds is 12. The number of para-hydroxylation sites is 2. The van der Waals surface area contributed by atoms with E-state index in [0.717, 1.165) is 29.1 Å². The molecule has 0 spiro atoms. The predicted molar refractivity (Wildman–Crippen MR) is 258 cm³/mol. The normalized spacial score (nSPS) is 11.9. The molecule has 0 aliphatic heterocycles. The molecule has 0 unspecified atom stereocenters. The van der Waals surface area contributed by atoms with Gasteiger partial charge in [0.1, 0.15) is 36.4 Å². The molecule has 352 valence electrons. The Morgan fingerprint density at radius 2 is 1.04 bits per heavy atom. The number of nitrogens with one attached hydrogen (secondary N) is 5. The highest BCUT2D eigenvalue weighted by atomic mass is 35.5. The Kier molecular flexibility index (Phi) is 15.9. The van der Waals surface area contributed by atoms with Gasteiger partial charge in [0.05, 0.1) is 0 Å². The number of hydrogen-bond donors (Lipinski definition) is 6. The van der Waals surface area contributed by atoms with Crippen molar-refractivity contribution in [3.05, 3.63) is 149 Å². The zero-order chi connectivity index (χ0) is 48.6. The fourth-order valence-electron chi connectivity index (χ4n) is 6.61. The van der Waals surface area contributed by atoms with E-state index in [4.69, 9.17) is 17.3 Å². The number of halogens is 7. The topological polar surface area (TPSA) is 179 Å². The second-order valence-electron chi connectivity index (χ2n) is 15.8. The van der Waals surface area contributed by atoms with Gasteiger partial charge in [0, 0.05) is 75.1 Å². The average molecular weight is 983 g/mol. The number of nitrogens with zero attached hydrogens (tertiary/aromatic N) is 4. The molecular weight excluding hydrogens is 936 g/mol. The van der Waals surface area contributed by atoms with Crippen molar-refractivity contribution < 1.29 is 35.5 Å². The largest absolute Gasteiger partial charge is 0.421 e. The summed E-state index contributed by atoms with van der Waals surface area (Å²) in [5.41, 5.74) is 9.09. The molecule has 0 saturated carbocycles. The van der Waals surface area contributed by atoms with E-state index in [1.807, 2.05) is 42.7 Å². The van der Waals surface area contributed by atoms with E-state index >= 15 is 0 Å². The van der Waals surface area contributed by atoms with Crippen molar-refractivity contribution in [1.82, 2.24) is 29.9 Å². The van der Waals surface area contributed by atoms with E-state index in [9.17, 15) is 35.5 Å². The maximum absolute atomic E-state index is 13.5. The van der Waals surface area contributed by atoms with Crippen LogP contribution < -0.4 is 32.3 Å². The van der Waals surface area contributed by atoms with Gasteiger partial charge < -0.3 is 40.8 Å². The van der Waals surface area contributed by atoms with Crippen LogP contribution >= 0.6 is 25.9 Å². The Balaban J connectivity index is 0.000000186. The van der Waals surface area contributed by atoms with Crippen LogP contribution in [-0.4, -0.2) is 69.7 Å². The smallest absolute Gasteiger partial charge is 0.369 e. The van der Waals surface area contributed by atoms with Crippen LogP contribution in [0.2, 0.25) is 5.15 Å². The van der Waals surface area contributed by atoms with Crippen LogP contribution in [-0.2, 0) is 34.3 Å². The molecule has 0 amide bonds. The third kappa shape index (κ3) is 13.7. The van der Waals surface area contributed by atoms with Gasteiger partial charge in [-0.05, 0) is 118 Å².